The lowest BCUT2D eigenvalue weighted by molar-refractivity contribution is -0.139. The number of ether oxygens (including phenoxy) is 2. The van der Waals surface area contributed by atoms with Gasteiger partial charge in [0.2, 0.25) is 0 Å². The molecule has 146 valence electrons. The van der Waals surface area contributed by atoms with E-state index in [0.717, 1.165) is 22.8 Å². The van der Waals surface area contributed by atoms with Crippen molar-refractivity contribution in [3.05, 3.63) is 84.2 Å². The number of rotatable bonds is 9. The van der Waals surface area contributed by atoms with Crippen LogP contribution in [0, 0.1) is 5.82 Å². The number of halogens is 1. The molecule has 0 aliphatic rings. The molecule has 0 bridgehead atoms. The summed E-state index contributed by atoms with van der Waals surface area (Å²) >= 11 is 0. The van der Waals surface area contributed by atoms with Crippen molar-refractivity contribution in [2.75, 3.05) is 13.2 Å². The van der Waals surface area contributed by atoms with Crippen molar-refractivity contribution in [2.24, 2.45) is 0 Å². The van der Waals surface area contributed by atoms with Gasteiger partial charge in [-0.15, -0.1) is 0 Å². The molecule has 0 aromatic heterocycles. The average Bonchev–Trinajstić information content (AvgIpc) is 2.69. The lowest BCUT2D eigenvalue weighted by Gasteiger charge is -2.09. The summed E-state index contributed by atoms with van der Waals surface area (Å²) in [5, 5.41) is 0. The zero-order valence-electron chi connectivity index (χ0n) is 15.9. The van der Waals surface area contributed by atoms with Crippen molar-refractivity contribution < 1.29 is 23.5 Å². The summed E-state index contributed by atoms with van der Waals surface area (Å²) < 4.78 is 24.3. The number of hydrogen-bond acceptors (Lipinski definition) is 4. The van der Waals surface area contributed by atoms with Gasteiger partial charge in [-0.2, -0.15) is 0 Å². The molecule has 0 heterocycles. The largest absolute Gasteiger partial charge is 0.462 e. The standard InChI is InChI=1S/C23H23FO4/c1-4-22(25)27-13-11-17-5-7-18(8-6-17)20-10-9-19(21(24)15-20)12-14-28-23(26)16(2)3/h4-10,15H,1-2,11-14H2,3H3. The molecule has 2 rings (SSSR count). The Labute approximate surface area is 164 Å². The van der Waals surface area contributed by atoms with E-state index in [1.165, 1.54) is 6.07 Å². The normalized spacial score (nSPS) is 10.2. The summed E-state index contributed by atoms with van der Waals surface area (Å²) in [6.45, 7) is 8.80. The molecule has 0 saturated heterocycles. The molecule has 0 amide bonds. The fraction of sp³-hybridized carbons (Fsp3) is 0.217. The first-order valence-corrected chi connectivity index (χ1v) is 8.90. The molecule has 5 heteroatoms. The van der Waals surface area contributed by atoms with Crippen LogP contribution in [0.25, 0.3) is 11.1 Å². The second kappa shape index (κ2) is 10.2. The lowest BCUT2D eigenvalue weighted by atomic mass is 10.0. The summed E-state index contributed by atoms with van der Waals surface area (Å²) in [6, 6.07) is 12.6. The molecule has 0 atom stereocenters. The molecule has 0 aliphatic heterocycles. The fourth-order valence-electron chi connectivity index (χ4n) is 2.50. The third-order valence-electron chi connectivity index (χ3n) is 4.10. The van der Waals surface area contributed by atoms with Crippen LogP contribution in [0.2, 0.25) is 0 Å². The minimum absolute atomic E-state index is 0.104. The molecule has 0 fully saturated rings. The van der Waals surface area contributed by atoms with E-state index in [1.807, 2.05) is 30.3 Å². The van der Waals surface area contributed by atoms with Crippen LogP contribution in [0.5, 0.6) is 0 Å². The molecule has 0 radical (unpaired) electrons. The van der Waals surface area contributed by atoms with E-state index in [9.17, 15) is 14.0 Å². The Morgan fingerprint density at radius 3 is 2.25 bits per heavy atom. The molecule has 0 spiro atoms. The van der Waals surface area contributed by atoms with Crippen LogP contribution in [0.1, 0.15) is 18.1 Å². The molecular formula is C23H23FO4. The van der Waals surface area contributed by atoms with Crippen LogP contribution in [-0.4, -0.2) is 25.2 Å². The topological polar surface area (TPSA) is 52.6 Å². The highest BCUT2D eigenvalue weighted by Crippen LogP contribution is 2.23. The van der Waals surface area contributed by atoms with Crippen LogP contribution in [-0.2, 0) is 31.9 Å². The van der Waals surface area contributed by atoms with Crippen molar-refractivity contribution >= 4 is 11.9 Å². The van der Waals surface area contributed by atoms with Gasteiger partial charge in [-0.1, -0.05) is 49.6 Å². The summed E-state index contributed by atoms with van der Waals surface area (Å²) in [5.74, 6) is -1.26. The molecular weight excluding hydrogens is 359 g/mol. The molecule has 0 unspecified atom stereocenters. The third-order valence-corrected chi connectivity index (χ3v) is 4.10. The minimum atomic E-state index is -0.476. The van der Waals surface area contributed by atoms with Crippen molar-refractivity contribution in [3.8, 4) is 11.1 Å². The fourth-order valence-corrected chi connectivity index (χ4v) is 2.50. The minimum Gasteiger partial charge on any atom is -0.462 e. The Kier molecular flexibility index (Phi) is 7.69. The number of carbonyl (C=O) groups excluding carboxylic acids is 2. The lowest BCUT2D eigenvalue weighted by Crippen LogP contribution is -2.08. The highest BCUT2D eigenvalue weighted by molar-refractivity contribution is 5.86. The maximum absolute atomic E-state index is 14.4. The van der Waals surface area contributed by atoms with Crippen LogP contribution in [0.15, 0.2) is 67.3 Å². The van der Waals surface area contributed by atoms with Gasteiger partial charge in [0.05, 0.1) is 13.2 Å². The highest BCUT2D eigenvalue weighted by Gasteiger charge is 2.08. The van der Waals surface area contributed by atoms with Crippen molar-refractivity contribution in [3.63, 3.8) is 0 Å². The molecule has 2 aromatic carbocycles. The van der Waals surface area contributed by atoms with Crippen molar-refractivity contribution in [1.29, 1.82) is 0 Å². The summed E-state index contributed by atoms with van der Waals surface area (Å²) in [7, 11) is 0. The van der Waals surface area contributed by atoms with Gasteiger partial charge in [-0.3, -0.25) is 0 Å². The smallest absolute Gasteiger partial charge is 0.333 e. The SMILES string of the molecule is C=CC(=O)OCCc1ccc(-c2ccc(CCOC(=O)C(=C)C)c(F)c2)cc1. The van der Waals surface area contributed by atoms with Crippen LogP contribution < -0.4 is 0 Å². The van der Waals surface area contributed by atoms with Gasteiger partial charge in [0.15, 0.2) is 0 Å². The van der Waals surface area contributed by atoms with Crippen molar-refractivity contribution in [2.45, 2.75) is 19.8 Å². The Morgan fingerprint density at radius 2 is 1.64 bits per heavy atom. The predicted molar refractivity (Wildman–Crippen MR) is 106 cm³/mol. The van der Waals surface area contributed by atoms with Gasteiger partial charge in [-0.05, 0) is 35.2 Å². The van der Waals surface area contributed by atoms with E-state index in [-0.39, 0.29) is 19.0 Å². The molecule has 4 nitrogen and oxygen atoms in total. The highest BCUT2D eigenvalue weighted by atomic mass is 19.1. The zero-order chi connectivity index (χ0) is 20.5. The maximum atomic E-state index is 14.4. The molecule has 28 heavy (non-hydrogen) atoms. The van der Waals surface area contributed by atoms with E-state index >= 15 is 0 Å². The summed E-state index contributed by atoms with van der Waals surface area (Å²) in [4.78, 5) is 22.4. The molecule has 0 saturated carbocycles. The van der Waals surface area contributed by atoms with E-state index in [2.05, 4.69) is 13.2 Å². The van der Waals surface area contributed by atoms with E-state index in [1.54, 1.807) is 13.0 Å². The van der Waals surface area contributed by atoms with Gasteiger partial charge in [0, 0.05) is 24.5 Å². The zero-order valence-corrected chi connectivity index (χ0v) is 15.9. The monoisotopic (exact) mass is 382 g/mol. The first-order valence-electron chi connectivity index (χ1n) is 8.90. The van der Waals surface area contributed by atoms with Crippen LogP contribution in [0.3, 0.4) is 0 Å². The van der Waals surface area contributed by atoms with E-state index in [4.69, 9.17) is 9.47 Å². The van der Waals surface area contributed by atoms with Crippen molar-refractivity contribution in [1.82, 2.24) is 0 Å². The Bertz CT molecular complexity index is 869. The van der Waals surface area contributed by atoms with Crippen LogP contribution in [0.4, 0.5) is 4.39 Å². The number of benzene rings is 2. The first kappa shape index (κ1) is 21.1. The first-order chi connectivity index (χ1) is 13.4. The van der Waals surface area contributed by atoms with Gasteiger partial charge in [0.1, 0.15) is 5.82 Å². The quantitative estimate of drug-likeness (QED) is 0.476. The summed E-state index contributed by atoms with van der Waals surface area (Å²) in [5.41, 5.74) is 3.45. The summed E-state index contributed by atoms with van der Waals surface area (Å²) in [6.07, 6.45) is 2.02. The van der Waals surface area contributed by atoms with Crippen LogP contribution >= 0.6 is 0 Å². The number of carbonyl (C=O) groups is 2. The number of esters is 2. The van der Waals surface area contributed by atoms with Gasteiger partial charge < -0.3 is 9.47 Å². The second-order valence-corrected chi connectivity index (χ2v) is 6.29. The molecule has 0 aliphatic carbocycles. The van der Waals surface area contributed by atoms with Gasteiger partial charge in [-0.25, -0.2) is 14.0 Å². The average molecular weight is 382 g/mol. The van der Waals surface area contributed by atoms with Gasteiger partial charge in [0.25, 0.3) is 0 Å². The second-order valence-electron chi connectivity index (χ2n) is 6.29. The Morgan fingerprint density at radius 1 is 1.00 bits per heavy atom. The molecule has 2 aromatic rings. The Balaban J connectivity index is 1.95. The van der Waals surface area contributed by atoms with E-state index in [0.29, 0.717) is 24.0 Å². The third kappa shape index (κ3) is 6.20. The van der Waals surface area contributed by atoms with Gasteiger partial charge >= 0.3 is 11.9 Å². The molecule has 0 N–H and O–H groups in total. The maximum Gasteiger partial charge on any atom is 0.333 e. The number of hydrogen-bond donors (Lipinski definition) is 0. The predicted octanol–water partition coefficient (Wildman–Crippen LogP) is 4.43. The van der Waals surface area contributed by atoms with E-state index < -0.39 is 11.9 Å². The Hall–Kier alpha value is -3.21.